The van der Waals surface area contributed by atoms with Crippen LogP contribution >= 0.6 is 11.3 Å². The van der Waals surface area contributed by atoms with Gasteiger partial charge in [-0.15, -0.1) is 11.3 Å². The summed E-state index contributed by atoms with van der Waals surface area (Å²) in [5.41, 5.74) is 1.30. The van der Waals surface area contributed by atoms with E-state index in [2.05, 4.69) is 9.97 Å². The largest absolute Gasteiger partial charge is 0.340 e. The lowest BCUT2D eigenvalue weighted by Gasteiger charge is -1.86. The van der Waals surface area contributed by atoms with Crippen LogP contribution in [-0.2, 0) is 0 Å². The Labute approximate surface area is 79.7 Å². The van der Waals surface area contributed by atoms with Crippen molar-refractivity contribution in [1.82, 2.24) is 9.97 Å². The predicted molar refractivity (Wildman–Crippen MR) is 51.4 cm³/mol. The molecular weight excluding hydrogens is 182 g/mol. The summed E-state index contributed by atoms with van der Waals surface area (Å²) >= 11 is 1.61. The summed E-state index contributed by atoms with van der Waals surface area (Å²) in [5, 5.41) is 10.7. The predicted octanol–water partition coefficient (Wildman–Crippen LogP) is 2.32. The van der Waals surface area contributed by atoms with Gasteiger partial charge in [0.25, 0.3) is 0 Å². The molecule has 13 heavy (non-hydrogen) atoms. The maximum atomic E-state index is 8.70. The SMILES string of the molecule is Cc1[nH]c(-c2cccs2)nc1C#N. The van der Waals surface area contributed by atoms with Crippen molar-refractivity contribution < 1.29 is 0 Å². The molecule has 0 aliphatic carbocycles. The second-order valence-corrected chi connectivity index (χ2v) is 3.60. The van der Waals surface area contributed by atoms with Gasteiger partial charge in [0, 0.05) is 0 Å². The number of imidazole rings is 1. The molecule has 0 fully saturated rings. The zero-order chi connectivity index (χ0) is 9.26. The Morgan fingerprint density at radius 1 is 1.62 bits per heavy atom. The Balaban J connectivity index is 2.50. The van der Waals surface area contributed by atoms with E-state index in [0.717, 1.165) is 16.4 Å². The van der Waals surface area contributed by atoms with Crippen LogP contribution in [0, 0.1) is 18.3 Å². The van der Waals surface area contributed by atoms with Crippen LogP contribution in [0.5, 0.6) is 0 Å². The Morgan fingerprint density at radius 3 is 3.00 bits per heavy atom. The summed E-state index contributed by atoms with van der Waals surface area (Å²) in [4.78, 5) is 8.30. The van der Waals surface area contributed by atoms with E-state index in [9.17, 15) is 0 Å². The van der Waals surface area contributed by atoms with Gasteiger partial charge in [0.1, 0.15) is 11.9 Å². The Morgan fingerprint density at radius 2 is 2.46 bits per heavy atom. The van der Waals surface area contributed by atoms with Crippen molar-refractivity contribution in [3.8, 4) is 16.8 Å². The first kappa shape index (κ1) is 8.02. The van der Waals surface area contributed by atoms with Crippen molar-refractivity contribution in [1.29, 1.82) is 5.26 Å². The van der Waals surface area contributed by atoms with Gasteiger partial charge in [-0.3, -0.25) is 0 Å². The summed E-state index contributed by atoms with van der Waals surface area (Å²) in [6.07, 6.45) is 0. The summed E-state index contributed by atoms with van der Waals surface area (Å²) < 4.78 is 0. The van der Waals surface area contributed by atoms with E-state index in [-0.39, 0.29) is 0 Å². The molecule has 0 spiro atoms. The number of hydrogen-bond donors (Lipinski definition) is 1. The molecule has 1 N–H and O–H groups in total. The molecule has 0 saturated carbocycles. The van der Waals surface area contributed by atoms with Crippen molar-refractivity contribution in [3.63, 3.8) is 0 Å². The summed E-state index contributed by atoms with van der Waals surface area (Å²) in [5.74, 6) is 0.782. The Bertz CT molecular complexity index is 448. The topological polar surface area (TPSA) is 52.5 Å². The first-order valence-corrected chi connectivity index (χ1v) is 4.70. The molecule has 4 heteroatoms. The lowest BCUT2D eigenvalue weighted by atomic mass is 10.4. The monoisotopic (exact) mass is 189 g/mol. The first-order valence-electron chi connectivity index (χ1n) is 3.82. The minimum atomic E-state index is 0.475. The van der Waals surface area contributed by atoms with Gasteiger partial charge < -0.3 is 4.98 Å². The summed E-state index contributed by atoms with van der Waals surface area (Å²) in [6, 6.07) is 5.98. The van der Waals surface area contributed by atoms with Gasteiger partial charge >= 0.3 is 0 Å². The van der Waals surface area contributed by atoms with Crippen LogP contribution < -0.4 is 0 Å². The molecule has 0 aliphatic heterocycles. The van der Waals surface area contributed by atoms with Gasteiger partial charge in [-0.05, 0) is 18.4 Å². The van der Waals surface area contributed by atoms with E-state index in [1.54, 1.807) is 11.3 Å². The second kappa shape index (κ2) is 3.04. The van der Waals surface area contributed by atoms with Crippen molar-refractivity contribution in [2.45, 2.75) is 6.92 Å². The van der Waals surface area contributed by atoms with Crippen molar-refractivity contribution in [3.05, 3.63) is 28.9 Å². The lowest BCUT2D eigenvalue weighted by molar-refractivity contribution is 1.26. The number of aromatic amines is 1. The molecule has 64 valence electrons. The normalized spacial score (nSPS) is 9.85. The number of nitriles is 1. The number of thiophene rings is 1. The van der Waals surface area contributed by atoms with E-state index < -0.39 is 0 Å². The minimum Gasteiger partial charge on any atom is -0.340 e. The second-order valence-electron chi connectivity index (χ2n) is 2.65. The first-order chi connectivity index (χ1) is 6.31. The number of H-pyrrole nitrogens is 1. The van der Waals surface area contributed by atoms with E-state index >= 15 is 0 Å². The number of nitrogens with one attached hydrogen (secondary N) is 1. The highest BCUT2D eigenvalue weighted by molar-refractivity contribution is 7.13. The zero-order valence-electron chi connectivity index (χ0n) is 7.03. The molecule has 3 nitrogen and oxygen atoms in total. The van der Waals surface area contributed by atoms with Crippen molar-refractivity contribution >= 4 is 11.3 Å². The zero-order valence-corrected chi connectivity index (χ0v) is 7.85. The molecule has 0 aliphatic rings. The van der Waals surface area contributed by atoms with E-state index in [0.29, 0.717) is 5.69 Å². The minimum absolute atomic E-state index is 0.475. The fraction of sp³-hybridized carbons (Fsp3) is 0.111. The van der Waals surface area contributed by atoms with Gasteiger partial charge in [0.05, 0.1) is 10.6 Å². The fourth-order valence-electron chi connectivity index (χ4n) is 1.10. The molecule has 0 aromatic carbocycles. The van der Waals surface area contributed by atoms with Crippen LogP contribution in [0.15, 0.2) is 17.5 Å². The summed E-state index contributed by atoms with van der Waals surface area (Å²) in [7, 11) is 0. The number of aryl methyl sites for hydroxylation is 1. The third-order valence-corrected chi connectivity index (χ3v) is 2.62. The highest BCUT2D eigenvalue weighted by Gasteiger charge is 2.07. The van der Waals surface area contributed by atoms with Gasteiger partial charge in [-0.2, -0.15) is 5.26 Å². The highest BCUT2D eigenvalue weighted by atomic mass is 32.1. The molecule has 0 saturated heterocycles. The molecule has 0 atom stereocenters. The average molecular weight is 189 g/mol. The summed E-state index contributed by atoms with van der Waals surface area (Å²) in [6.45, 7) is 1.85. The Hall–Kier alpha value is -1.60. The van der Waals surface area contributed by atoms with Crippen molar-refractivity contribution in [2.75, 3.05) is 0 Å². The Kier molecular flexibility index (Phi) is 1.87. The van der Waals surface area contributed by atoms with E-state index in [1.807, 2.05) is 30.5 Å². The molecular formula is C9H7N3S. The highest BCUT2D eigenvalue weighted by Crippen LogP contribution is 2.22. The van der Waals surface area contributed by atoms with Crippen molar-refractivity contribution in [2.24, 2.45) is 0 Å². The number of hydrogen-bond acceptors (Lipinski definition) is 3. The van der Waals surface area contributed by atoms with Gasteiger partial charge in [-0.25, -0.2) is 4.98 Å². The van der Waals surface area contributed by atoms with E-state index in [1.165, 1.54) is 0 Å². The van der Waals surface area contributed by atoms with Crippen LogP contribution in [0.1, 0.15) is 11.4 Å². The smallest absolute Gasteiger partial charge is 0.161 e. The molecule has 2 rings (SSSR count). The lowest BCUT2D eigenvalue weighted by Crippen LogP contribution is -1.75. The third-order valence-electron chi connectivity index (χ3n) is 1.75. The molecule has 0 amide bonds. The molecule has 0 radical (unpaired) electrons. The van der Waals surface area contributed by atoms with Gasteiger partial charge in [-0.1, -0.05) is 6.07 Å². The van der Waals surface area contributed by atoms with Crippen LogP contribution in [0.2, 0.25) is 0 Å². The van der Waals surface area contributed by atoms with Crippen LogP contribution in [0.25, 0.3) is 10.7 Å². The van der Waals surface area contributed by atoms with Gasteiger partial charge in [0.15, 0.2) is 5.69 Å². The molecule has 2 aromatic heterocycles. The fourth-order valence-corrected chi connectivity index (χ4v) is 1.77. The number of rotatable bonds is 1. The molecule has 0 unspecified atom stereocenters. The van der Waals surface area contributed by atoms with E-state index in [4.69, 9.17) is 5.26 Å². The maximum Gasteiger partial charge on any atom is 0.161 e. The quantitative estimate of drug-likeness (QED) is 0.748. The van der Waals surface area contributed by atoms with Crippen LogP contribution in [-0.4, -0.2) is 9.97 Å². The maximum absolute atomic E-state index is 8.70. The average Bonchev–Trinajstić information content (AvgIpc) is 2.71. The third kappa shape index (κ3) is 1.34. The number of nitrogens with zero attached hydrogens (tertiary/aromatic N) is 2. The number of aromatic nitrogens is 2. The van der Waals surface area contributed by atoms with Gasteiger partial charge in [0.2, 0.25) is 0 Å². The molecule has 0 bridgehead atoms. The molecule has 2 heterocycles. The van der Waals surface area contributed by atoms with Crippen LogP contribution in [0.4, 0.5) is 0 Å². The van der Waals surface area contributed by atoms with Crippen LogP contribution in [0.3, 0.4) is 0 Å². The standard InChI is InChI=1S/C9H7N3S/c1-6-7(5-10)12-9(11-6)8-3-2-4-13-8/h2-4H,1H3,(H,11,12). The molecule has 2 aromatic rings.